The van der Waals surface area contributed by atoms with Crippen LogP contribution in [0, 0.1) is 0 Å². The van der Waals surface area contributed by atoms with Crippen molar-refractivity contribution >= 4 is 33.4 Å². The average molecular weight is 337 g/mol. The van der Waals surface area contributed by atoms with Crippen LogP contribution in [-0.4, -0.2) is 32.6 Å². The molecular formula is C12H15BrClNO3. The monoisotopic (exact) mass is 335 g/mol. The second-order valence-corrected chi connectivity index (χ2v) is 4.65. The number of hydrogen-bond acceptors (Lipinski definition) is 3. The lowest BCUT2D eigenvalue weighted by Crippen LogP contribution is -2.26. The van der Waals surface area contributed by atoms with Gasteiger partial charge in [0.25, 0.3) is 0 Å². The first-order chi connectivity index (χ1) is 8.62. The number of methoxy groups -OCH3 is 2. The maximum Gasteiger partial charge on any atom is 0.234 e. The molecule has 0 heterocycles. The molecular weight excluding hydrogens is 321 g/mol. The van der Waals surface area contributed by atoms with Crippen LogP contribution in [0.4, 0.5) is 0 Å². The van der Waals surface area contributed by atoms with Gasteiger partial charge in [0.2, 0.25) is 5.91 Å². The lowest BCUT2D eigenvalue weighted by Gasteiger charge is -2.12. The zero-order chi connectivity index (χ0) is 13.5. The highest BCUT2D eigenvalue weighted by Crippen LogP contribution is 2.33. The van der Waals surface area contributed by atoms with E-state index in [0.717, 1.165) is 10.0 Å². The van der Waals surface area contributed by atoms with Crippen LogP contribution < -0.4 is 14.8 Å². The summed E-state index contributed by atoms with van der Waals surface area (Å²) < 4.78 is 11.3. The molecule has 1 amide bonds. The molecule has 0 spiro atoms. The summed E-state index contributed by atoms with van der Waals surface area (Å²) in [5, 5.41) is 2.71. The highest BCUT2D eigenvalue weighted by Gasteiger charge is 2.09. The molecule has 0 aromatic heterocycles. The van der Waals surface area contributed by atoms with Gasteiger partial charge in [0.15, 0.2) is 11.5 Å². The van der Waals surface area contributed by atoms with Crippen molar-refractivity contribution in [2.45, 2.75) is 6.42 Å². The molecule has 0 atom stereocenters. The quantitative estimate of drug-likeness (QED) is 0.811. The van der Waals surface area contributed by atoms with E-state index >= 15 is 0 Å². The maximum atomic E-state index is 11.0. The van der Waals surface area contributed by atoms with Gasteiger partial charge in [-0.3, -0.25) is 4.79 Å². The first-order valence-corrected chi connectivity index (χ1v) is 6.68. The van der Waals surface area contributed by atoms with E-state index in [1.165, 1.54) is 0 Å². The first kappa shape index (κ1) is 15.1. The van der Waals surface area contributed by atoms with Gasteiger partial charge in [0.1, 0.15) is 5.88 Å². The zero-order valence-corrected chi connectivity index (χ0v) is 12.6. The van der Waals surface area contributed by atoms with Gasteiger partial charge in [-0.15, -0.1) is 11.6 Å². The van der Waals surface area contributed by atoms with E-state index in [4.69, 9.17) is 21.1 Å². The minimum Gasteiger partial charge on any atom is -0.493 e. The molecule has 1 aromatic rings. The molecule has 1 aromatic carbocycles. The second-order valence-electron chi connectivity index (χ2n) is 3.53. The standard InChI is InChI=1S/C12H15BrClNO3/c1-17-10-5-8(3-4-15-12(16)7-14)9(13)6-11(10)18-2/h5-6H,3-4,7H2,1-2H3,(H,15,16). The van der Waals surface area contributed by atoms with Crippen LogP contribution in [0.15, 0.2) is 16.6 Å². The molecule has 1 rings (SSSR count). The molecule has 0 radical (unpaired) electrons. The molecule has 18 heavy (non-hydrogen) atoms. The normalized spacial score (nSPS) is 10.0. The Labute approximate surface area is 120 Å². The van der Waals surface area contributed by atoms with Crippen LogP contribution in [0.3, 0.4) is 0 Å². The van der Waals surface area contributed by atoms with Gasteiger partial charge < -0.3 is 14.8 Å². The number of rotatable bonds is 6. The molecule has 0 saturated heterocycles. The molecule has 0 saturated carbocycles. The average Bonchev–Trinajstić information content (AvgIpc) is 2.39. The zero-order valence-electron chi connectivity index (χ0n) is 10.3. The number of carbonyl (C=O) groups is 1. The summed E-state index contributed by atoms with van der Waals surface area (Å²) in [7, 11) is 3.18. The number of carbonyl (C=O) groups excluding carboxylic acids is 1. The fraction of sp³-hybridized carbons (Fsp3) is 0.417. The number of amides is 1. The number of hydrogen-bond donors (Lipinski definition) is 1. The molecule has 100 valence electrons. The van der Waals surface area contributed by atoms with Crippen molar-refractivity contribution < 1.29 is 14.3 Å². The number of nitrogens with one attached hydrogen (secondary N) is 1. The van der Waals surface area contributed by atoms with Gasteiger partial charge in [0, 0.05) is 11.0 Å². The molecule has 0 aliphatic rings. The van der Waals surface area contributed by atoms with Crippen molar-refractivity contribution in [1.29, 1.82) is 0 Å². The number of benzene rings is 1. The largest absolute Gasteiger partial charge is 0.493 e. The Morgan fingerprint density at radius 3 is 2.50 bits per heavy atom. The molecule has 0 aliphatic carbocycles. The van der Waals surface area contributed by atoms with Gasteiger partial charge >= 0.3 is 0 Å². The van der Waals surface area contributed by atoms with Crippen molar-refractivity contribution in [3.05, 3.63) is 22.2 Å². The van der Waals surface area contributed by atoms with Crippen LogP contribution >= 0.6 is 27.5 Å². The third-order valence-corrected chi connectivity index (χ3v) is 3.37. The van der Waals surface area contributed by atoms with E-state index in [0.29, 0.717) is 24.5 Å². The number of alkyl halides is 1. The van der Waals surface area contributed by atoms with Crippen molar-refractivity contribution in [3.8, 4) is 11.5 Å². The van der Waals surface area contributed by atoms with Crippen LogP contribution in [0.1, 0.15) is 5.56 Å². The van der Waals surface area contributed by atoms with E-state index in [1.54, 1.807) is 14.2 Å². The Hall–Kier alpha value is -0.940. The van der Waals surface area contributed by atoms with Crippen molar-refractivity contribution in [2.75, 3.05) is 26.6 Å². The highest BCUT2D eigenvalue weighted by atomic mass is 79.9. The van der Waals surface area contributed by atoms with E-state index < -0.39 is 0 Å². The Kier molecular flexibility index (Phi) is 6.29. The predicted molar refractivity (Wildman–Crippen MR) is 74.7 cm³/mol. The Morgan fingerprint density at radius 2 is 1.94 bits per heavy atom. The number of ether oxygens (including phenoxy) is 2. The summed E-state index contributed by atoms with van der Waals surface area (Å²) in [6.45, 7) is 0.527. The van der Waals surface area contributed by atoms with Gasteiger partial charge in [-0.25, -0.2) is 0 Å². The third kappa shape index (κ3) is 4.07. The molecule has 1 N–H and O–H groups in total. The lowest BCUT2D eigenvalue weighted by atomic mass is 10.1. The first-order valence-electron chi connectivity index (χ1n) is 5.35. The molecule has 0 bridgehead atoms. The van der Waals surface area contributed by atoms with E-state index in [1.807, 2.05) is 12.1 Å². The molecule has 0 fully saturated rings. The lowest BCUT2D eigenvalue weighted by molar-refractivity contribution is -0.118. The summed E-state index contributed by atoms with van der Waals surface area (Å²) in [6.07, 6.45) is 0.684. The fourth-order valence-corrected chi connectivity index (χ4v) is 2.09. The maximum absolute atomic E-state index is 11.0. The third-order valence-electron chi connectivity index (χ3n) is 2.39. The van der Waals surface area contributed by atoms with Crippen molar-refractivity contribution in [3.63, 3.8) is 0 Å². The van der Waals surface area contributed by atoms with Crippen LogP contribution in [0.25, 0.3) is 0 Å². The number of halogens is 2. The highest BCUT2D eigenvalue weighted by molar-refractivity contribution is 9.10. The summed E-state index contributed by atoms with van der Waals surface area (Å²) in [4.78, 5) is 11.0. The van der Waals surface area contributed by atoms with Crippen molar-refractivity contribution in [1.82, 2.24) is 5.32 Å². The van der Waals surface area contributed by atoms with Gasteiger partial charge in [0.05, 0.1) is 14.2 Å². The minimum atomic E-state index is -0.173. The predicted octanol–water partition coefficient (Wildman–Crippen LogP) is 2.36. The topological polar surface area (TPSA) is 47.6 Å². The van der Waals surface area contributed by atoms with Crippen LogP contribution in [-0.2, 0) is 11.2 Å². The van der Waals surface area contributed by atoms with E-state index in [-0.39, 0.29) is 11.8 Å². The van der Waals surface area contributed by atoms with Gasteiger partial charge in [-0.1, -0.05) is 15.9 Å². The van der Waals surface area contributed by atoms with Gasteiger partial charge in [-0.05, 0) is 24.1 Å². The summed E-state index contributed by atoms with van der Waals surface area (Å²) in [5.41, 5.74) is 1.03. The summed E-state index contributed by atoms with van der Waals surface area (Å²) >= 11 is 8.86. The van der Waals surface area contributed by atoms with Crippen LogP contribution in [0.5, 0.6) is 11.5 Å². The van der Waals surface area contributed by atoms with Crippen LogP contribution in [0.2, 0.25) is 0 Å². The fourth-order valence-electron chi connectivity index (χ4n) is 1.47. The molecule has 4 nitrogen and oxygen atoms in total. The molecule has 0 unspecified atom stereocenters. The van der Waals surface area contributed by atoms with Crippen molar-refractivity contribution in [2.24, 2.45) is 0 Å². The van der Waals surface area contributed by atoms with Gasteiger partial charge in [-0.2, -0.15) is 0 Å². The SMILES string of the molecule is COc1cc(Br)c(CCNC(=O)CCl)cc1OC. The minimum absolute atomic E-state index is 0.0207. The second kappa shape index (κ2) is 7.48. The molecule has 0 aliphatic heterocycles. The Morgan fingerprint density at radius 1 is 1.33 bits per heavy atom. The smallest absolute Gasteiger partial charge is 0.234 e. The van der Waals surface area contributed by atoms with E-state index in [9.17, 15) is 4.79 Å². The Bertz CT molecular complexity index is 426. The molecule has 6 heteroatoms. The summed E-state index contributed by atoms with van der Waals surface area (Å²) in [6, 6.07) is 3.73. The summed E-state index contributed by atoms with van der Waals surface area (Å²) in [5.74, 6) is 1.14. The Balaban J connectivity index is 2.73. The van der Waals surface area contributed by atoms with E-state index in [2.05, 4.69) is 21.2 Å².